The van der Waals surface area contributed by atoms with Gasteiger partial charge in [0.1, 0.15) is 0 Å². The smallest absolute Gasteiger partial charge is 0.312 e. The van der Waals surface area contributed by atoms with E-state index in [0.717, 1.165) is 19.3 Å². The molecular weight excluding hydrogens is 296 g/mol. The third-order valence-electron chi connectivity index (χ3n) is 6.83. The number of esters is 1. The highest BCUT2D eigenvalue weighted by Crippen LogP contribution is 2.62. The Morgan fingerprint density at radius 1 is 1.27 bits per heavy atom. The van der Waals surface area contributed by atoms with Crippen LogP contribution < -0.4 is 0 Å². The Morgan fingerprint density at radius 2 is 2.05 bits per heavy atom. The number of carbonyl (C=O) groups excluding carboxylic acids is 2. The Kier molecular flexibility index (Phi) is 2.98. The SMILES string of the molecule is C[C@]12C=CC(=O)C=C1C[C@@H](S)[C@@H]1[C@@H]2CC[C@]2(C)C(=O)OC[C@@H]12. The van der Waals surface area contributed by atoms with Crippen molar-refractivity contribution in [2.24, 2.45) is 28.6 Å². The summed E-state index contributed by atoms with van der Waals surface area (Å²) in [5, 5.41) is 0.197. The van der Waals surface area contributed by atoms with E-state index in [9.17, 15) is 9.59 Å². The van der Waals surface area contributed by atoms with E-state index in [1.165, 1.54) is 5.57 Å². The van der Waals surface area contributed by atoms with Crippen LogP contribution in [0.25, 0.3) is 0 Å². The molecule has 1 heterocycles. The Bertz CT molecular complexity index is 622. The molecule has 118 valence electrons. The van der Waals surface area contributed by atoms with Crippen molar-refractivity contribution in [3.8, 4) is 0 Å². The second-order valence-electron chi connectivity index (χ2n) is 7.80. The number of hydrogen-bond acceptors (Lipinski definition) is 4. The van der Waals surface area contributed by atoms with Gasteiger partial charge < -0.3 is 4.74 Å². The van der Waals surface area contributed by atoms with Crippen LogP contribution in [0.5, 0.6) is 0 Å². The van der Waals surface area contributed by atoms with E-state index < -0.39 is 0 Å². The molecule has 1 aliphatic heterocycles. The van der Waals surface area contributed by atoms with Crippen molar-refractivity contribution in [3.05, 3.63) is 23.8 Å². The average molecular weight is 318 g/mol. The van der Waals surface area contributed by atoms with E-state index >= 15 is 0 Å². The molecule has 0 spiro atoms. The lowest BCUT2D eigenvalue weighted by atomic mass is 9.48. The highest BCUT2D eigenvalue weighted by molar-refractivity contribution is 7.81. The molecule has 3 fully saturated rings. The van der Waals surface area contributed by atoms with Crippen molar-refractivity contribution in [2.75, 3.05) is 6.61 Å². The van der Waals surface area contributed by atoms with Crippen LogP contribution in [0.3, 0.4) is 0 Å². The van der Waals surface area contributed by atoms with Gasteiger partial charge in [0.05, 0.1) is 12.0 Å². The summed E-state index contributed by atoms with van der Waals surface area (Å²) in [6.45, 7) is 4.85. The summed E-state index contributed by atoms with van der Waals surface area (Å²) in [5.74, 6) is 1.12. The minimum absolute atomic E-state index is 0.0302. The lowest BCUT2D eigenvalue weighted by molar-refractivity contribution is -0.148. The molecule has 0 amide bonds. The third-order valence-corrected chi connectivity index (χ3v) is 7.36. The number of ether oxygens (including phenoxy) is 1. The summed E-state index contributed by atoms with van der Waals surface area (Å²) >= 11 is 4.87. The minimum atomic E-state index is -0.339. The van der Waals surface area contributed by atoms with Crippen LogP contribution in [0.1, 0.15) is 33.1 Å². The van der Waals surface area contributed by atoms with Gasteiger partial charge in [0.15, 0.2) is 5.78 Å². The standard InChI is InChI=1S/C18H22O3S/c1-17-5-3-11(19)7-10(17)8-14(22)15-12(17)4-6-18(2)13(15)9-21-16(18)20/h3,5,7,12-15,22H,4,6,8-9H2,1-2H3/t12-,13-,14+,15+,17-,18-/m0/s1. The molecule has 0 aromatic rings. The zero-order chi connectivity index (χ0) is 15.7. The van der Waals surface area contributed by atoms with Crippen LogP contribution in [0.4, 0.5) is 0 Å². The van der Waals surface area contributed by atoms with Crippen molar-refractivity contribution >= 4 is 24.4 Å². The summed E-state index contributed by atoms with van der Waals surface area (Å²) in [6.07, 6.45) is 8.33. The fourth-order valence-electron chi connectivity index (χ4n) is 5.39. The molecule has 0 N–H and O–H groups in total. The first-order valence-electron chi connectivity index (χ1n) is 8.16. The number of allylic oxidation sites excluding steroid dienone is 4. The summed E-state index contributed by atoms with van der Waals surface area (Å²) in [7, 11) is 0. The van der Waals surface area contributed by atoms with Gasteiger partial charge in [-0.25, -0.2) is 0 Å². The lowest BCUT2D eigenvalue weighted by Gasteiger charge is -2.56. The molecule has 4 heteroatoms. The monoisotopic (exact) mass is 318 g/mol. The fourth-order valence-corrected chi connectivity index (χ4v) is 6.00. The number of hydrogen-bond donors (Lipinski definition) is 1. The van der Waals surface area contributed by atoms with Crippen LogP contribution in [-0.2, 0) is 14.3 Å². The lowest BCUT2D eigenvalue weighted by Crippen LogP contribution is -2.54. The molecule has 0 aromatic heterocycles. The van der Waals surface area contributed by atoms with E-state index in [0.29, 0.717) is 18.4 Å². The Labute approximate surface area is 136 Å². The number of fused-ring (bicyclic) bond motifs is 5. The van der Waals surface area contributed by atoms with Crippen LogP contribution >= 0.6 is 12.6 Å². The number of thiol groups is 1. The molecule has 6 atom stereocenters. The summed E-state index contributed by atoms with van der Waals surface area (Å²) < 4.78 is 5.43. The number of rotatable bonds is 0. The maximum absolute atomic E-state index is 12.2. The zero-order valence-corrected chi connectivity index (χ0v) is 13.9. The normalized spacial score (nSPS) is 49.9. The first-order chi connectivity index (χ1) is 10.4. The highest BCUT2D eigenvalue weighted by Gasteiger charge is 2.61. The number of cyclic esters (lactones) is 1. The maximum atomic E-state index is 12.2. The first-order valence-corrected chi connectivity index (χ1v) is 8.67. The molecule has 0 unspecified atom stereocenters. The second kappa shape index (κ2) is 4.50. The minimum Gasteiger partial charge on any atom is -0.465 e. The molecule has 22 heavy (non-hydrogen) atoms. The van der Waals surface area contributed by atoms with Crippen molar-refractivity contribution in [1.82, 2.24) is 0 Å². The van der Waals surface area contributed by atoms with E-state index in [2.05, 4.69) is 19.9 Å². The van der Waals surface area contributed by atoms with Gasteiger partial charge >= 0.3 is 5.97 Å². The average Bonchev–Trinajstić information content (AvgIpc) is 2.77. The van der Waals surface area contributed by atoms with E-state index in [1.54, 1.807) is 6.08 Å². The van der Waals surface area contributed by atoms with Crippen LogP contribution in [0.2, 0.25) is 0 Å². The van der Waals surface area contributed by atoms with E-state index in [1.807, 2.05) is 6.08 Å². The second-order valence-corrected chi connectivity index (χ2v) is 8.47. The summed E-state index contributed by atoms with van der Waals surface area (Å²) in [6, 6.07) is 0. The predicted molar refractivity (Wildman–Crippen MR) is 86.5 cm³/mol. The van der Waals surface area contributed by atoms with Crippen LogP contribution in [0, 0.1) is 28.6 Å². The first kappa shape index (κ1) is 14.6. The molecule has 3 aliphatic carbocycles. The summed E-state index contributed by atoms with van der Waals surface area (Å²) in [5.41, 5.74) is 0.814. The van der Waals surface area contributed by atoms with Gasteiger partial charge in [-0.05, 0) is 50.2 Å². The Balaban J connectivity index is 1.77. The van der Waals surface area contributed by atoms with Gasteiger partial charge in [-0.3, -0.25) is 9.59 Å². The zero-order valence-electron chi connectivity index (χ0n) is 13.0. The fraction of sp³-hybridized carbons (Fsp3) is 0.667. The molecule has 4 aliphatic rings. The maximum Gasteiger partial charge on any atom is 0.312 e. The van der Waals surface area contributed by atoms with Crippen molar-refractivity contribution in [1.29, 1.82) is 0 Å². The van der Waals surface area contributed by atoms with Crippen LogP contribution in [-0.4, -0.2) is 23.6 Å². The Morgan fingerprint density at radius 3 is 2.82 bits per heavy atom. The van der Waals surface area contributed by atoms with Gasteiger partial charge in [0.25, 0.3) is 0 Å². The molecular formula is C18H22O3S. The predicted octanol–water partition coefficient (Wildman–Crippen LogP) is 2.97. The molecule has 1 saturated heterocycles. The molecule has 3 nitrogen and oxygen atoms in total. The topological polar surface area (TPSA) is 43.4 Å². The quantitative estimate of drug-likeness (QED) is 0.551. The van der Waals surface area contributed by atoms with E-state index in [4.69, 9.17) is 17.4 Å². The van der Waals surface area contributed by atoms with Crippen molar-refractivity contribution in [2.45, 2.75) is 38.4 Å². The van der Waals surface area contributed by atoms with Gasteiger partial charge in [0.2, 0.25) is 0 Å². The van der Waals surface area contributed by atoms with Crippen LogP contribution in [0.15, 0.2) is 23.8 Å². The number of ketones is 1. The molecule has 4 rings (SSSR count). The molecule has 0 aromatic carbocycles. The molecule has 0 bridgehead atoms. The summed E-state index contributed by atoms with van der Waals surface area (Å²) in [4.78, 5) is 24.0. The Hall–Kier alpha value is -1.03. The van der Waals surface area contributed by atoms with Crippen molar-refractivity contribution < 1.29 is 14.3 Å². The van der Waals surface area contributed by atoms with Gasteiger partial charge in [-0.15, -0.1) is 0 Å². The van der Waals surface area contributed by atoms with E-state index in [-0.39, 0.29) is 33.8 Å². The van der Waals surface area contributed by atoms with Gasteiger partial charge in [-0.2, -0.15) is 12.6 Å². The largest absolute Gasteiger partial charge is 0.465 e. The molecule has 2 saturated carbocycles. The van der Waals surface area contributed by atoms with Gasteiger partial charge in [0, 0.05) is 16.6 Å². The van der Waals surface area contributed by atoms with Crippen molar-refractivity contribution in [3.63, 3.8) is 0 Å². The highest BCUT2D eigenvalue weighted by atomic mass is 32.1. The number of carbonyl (C=O) groups is 2. The van der Waals surface area contributed by atoms with Gasteiger partial charge in [-0.1, -0.05) is 18.6 Å². The molecule has 0 radical (unpaired) electrons. The third kappa shape index (κ3) is 1.70.